The molecule has 3 aromatic rings. The van der Waals surface area contributed by atoms with E-state index in [0.717, 1.165) is 4.90 Å². The predicted octanol–water partition coefficient (Wildman–Crippen LogP) is 9.50. The Kier molecular flexibility index (Phi) is 10.2. The summed E-state index contributed by atoms with van der Waals surface area (Å²) in [5.41, 5.74) is 7.41. The van der Waals surface area contributed by atoms with Crippen molar-refractivity contribution >= 4 is 22.7 Å². The molecule has 44 heavy (non-hydrogen) atoms. The lowest BCUT2D eigenvalue weighted by molar-refractivity contribution is -0.433. The second kappa shape index (κ2) is 12.1. The van der Waals surface area contributed by atoms with Crippen LogP contribution >= 0.6 is 12.6 Å². The molecular formula is C26H19F13O3S2. The van der Waals surface area contributed by atoms with Gasteiger partial charge in [-0.15, -0.1) is 12.6 Å². The molecule has 1 N–H and O–H groups in total. The van der Waals surface area contributed by atoms with E-state index in [9.17, 15) is 65.5 Å². The second-order valence-corrected chi connectivity index (χ2v) is 11.2. The fourth-order valence-electron chi connectivity index (χ4n) is 3.45. The normalized spacial score (nSPS) is 13.8. The van der Waals surface area contributed by atoms with Crippen LogP contribution in [-0.2, 0) is 10.1 Å². The van der Waals surface area contributed by atoms with Crippen molar-refractivity contribution in [2.75, 3.05) is 0 Å². The smallest absolute Gasteiger partial charge is 0.281 e. The van der Waals surface area contributed by atoms with Crippen LogP contribution in [0.1, 0.15) is 11.1 Å². The Morgan fingerprint density at radius 1 is 0.568 bits per heavy atom. The van der Waals surface area contributed by atoms with Gasteiger partial charge in [0.15, 0.2) is 0 Å². The Balaban J connectivity index is 0.000000307. The molecular weight excluding hydrogens is 671 g/mol. The minimum Gasteiger partial charge on any atom is -0.281 e. The molecule has 244 valence electrons. The Morgan fingerprint density at radius 3 is 1.34 bits per heavy atom. The van der Waals surface area contributed by atoms with E-state index >= 15 is 0 Å². The number of rotatable bonds is 7. The van der Waals surface area contributed by atoms with Gasteiger partial charge in [0.1, 0.15) is 0 Å². The summed E-state index contributed by atoms with van der Waals surface area (Å²) in [5.74, 6) is -32.5. The van der Waals surface area contributed by atoms with E-state index in [2.05, 4.69) is 93.2 Å². The van der Waals surface area contributed by atoms with Crippen LogP contribution in [0.3, 0.4) is 0 Å². The zero-order valence-corrected chi connectivity index (χ0v) is 23.6. The Bertz CT molecular complexity index is 1570. The Labute approximate surface area is 246 Å². The first kappa shape index (κ1) is 37.2. The quantitative estimate of drug-likeness (QED) is 0.148. The van der Waals surface area contributed by atoms with Gasteiger partial charge in [0.2, 0.25) is 0 Å². The standard InChI is InChI=1S/C20H18S.C6HF13O3S/c1-14-6-10-16(11-7-14)18-4-3-5-19(21)20(18)17-12-8-15(2)9-13-17;7-1(8,3(11,12)5(15,16)17)2(9,10)4(13,14)6(18,19)23(20,21)22/h3-13,21H,1-2H3;(H,20,21,22). The Hall–Kier alpha value is -2.99. The molecule has 0 aromatic heterocycles. The number of thiol groups is 1. The molecule has 3 nitrogen and oxygen atoms in total. The molecule has 0 bridgehead atoms. The average molecular weight is 691 g/mol. The maximum Gasteiger partial charge on any atom is 0.460 e. The van der Waals surface area contributed by atoms with E-state index in [4.69, 9.17) is 4.55 Å². The SMILES string of the molecule is Cc1ccc(-c2cccc(S)c2-c2ccc(C)cc2)cc1.O=S(=O)(O)C(F)(F)C(F)(F)C(F)(F)C(F)(F)C(F)(F)C(F)(F)F. The maximum absolute atomic E-state index is 12.7. The molecule has 0 radical (unpaired) electrons. The van der Waals surface area contributed by atoms with E-state index < -0.39 is 45.2 Å². The van der Waals surface area contributed by atoms with Crippen LogP contribution in [0.2, 0.25) is 0 Å². The van der Waals surface area contributed by atoms with Gasteiger partial charge >= 0.3 is 45.2 Å². The summed E-state index contributed by atoms with van der Waals surface area (Å²) in [6.45, 7) is 4.22. The highest BCUT2D eigenvalue weighted by atomic mass is 32.2. The van der Waals surface area contributed by atoms with Gasteiger partial charge in [-0.05, 0) is 36.6 Å². The summed E-state index contributed by atoms with van der Waals surface area (Å²) in [4.78, 5) is 1.01. The molecule has 3 aromatic carbocycles. The van der Waals surface area contributed by atoms with Crippen LogP contribution in [0.15, 0.2) is 71.6 Å². The molecule has 0 saturated carbocycles. The van der Waals surface area contributed by atoms with Crippen LogP contribution in [0.4, 0.5) is 57.1 Å². The summed E-state index contributed by atoms with van der Waals surface area (Å²) in [6.07, 6.45) is -7.59. The summed E-state index contributed by atoms with van der Waals surface area (Å²) < 4.78 is 188. The number of halogens is 13. The average Bonchev–Trinajstić information content (AvgIpc) is 2.88. The topological polar surface area (TPSA) is 54.4 Å². The second-order valence-electron chi connectivity index (χ2n) is 9.22. The highest BCUT2D eigenvalue weighted by molar-refractivity contribution is 7.87. The number of alkyl halides is 13. The lowest BCUT2D eigenvalue weighted by atomic mass is 9.93. The van der Waals surface area contributed by atoms with Gasteiger partial charge in [-0.1, -0.05) is 71.8 Å². The molecule has 0 aliphatic rings. The van der Waals surface area contributed by atoms with Gasteiger partial charge in [0.25, 0.3) is 0 Å². The van der Waals surface area contributed by atoms with Crippen LogP contribution < -0.4 is 0 Å². The summed E-state index contributed by atoms with van der Waals surface area (Å²) in [5, 5.41) is -7.52. The largest absolute Gasteiger partial charge is 0.460 e. The van der Waals surface area contributed by atoms with E-state index in [-0.39, 0.29) is 0 Å². The van der Waals surface area contributed by atoms with Crippen molar-refractivity contribution in [3.8, 4) is 22.3 Å². The van der Waals surface area contributed by atoms with Gasteiger partial charge in [0, 0.05) is 10.5 Å². The molecule has 0 saturated heterocycles. The van der Waals surface area contributed by atoms with Crippen LogP contribution in [-0.4, -0.2) is 48.1 Å². The molecule has 3 rings (SSSR count). The summed E-state index contributed by atoms with van der Waals surface area (Å²) in [7, 11) is -7.61. The third-order valence-electron chi connectivity index (χ3n) is 5.97. The van der Waals surface area contributed by atoms with Gasteiger partial charge < -0.3 is 0 Å². The number of benzene rings is 3. The minimum atomic E-state index is -8.25. The molecule has 0 atom stereocenters. The molecule has 0 fully saturated rings. The molecule has 0 unspecified atom stereocenters. The number of hydrogen-bond acceptors (Lipinski definition) is 3. The lowest BCUT2D eigenvalue weighted by Gasteiger charge is -2.38. The van der Waals surface area contributed by atoms with Gasteiger partial charge in [-0.2, -0.15) is 65.5 Å². The molecule has 0 aliphatic heterocycles. The van der Waals surface area contributed by atoms with Crippen LogP contribution in [0.25, 0.3) is 22.3 Å². The van der Waals surface area contributed by atoms with Gasteiger partial charge in [-0.3, -0.25) is 4.55 Å². The van der Waals surface area contributed by atoms with Crippen LogP contribution in [0.5, 0.6) is 0 Å². The fraction of sp³-hybridized carbons (Fsp3) is 0.308. The third-order valence-corrected chi connectivity index (χ3v) is 7.25. The first-order chi connectivity index (χ1) is 19.6. The van der Waals surface area contributed by atoms with Crippen molar-refractivity contribution in [3.63, 3.8) is 0 Å². The van der Waals surface area contributed by atoms with E-state index in [1.54, 1.807) is 0 Å². The highest BCUT2D eigenvalue weighted by Gasteiger charge is 2.92. The van der Waals surface area contributed by atoms with E-state index in [1.165, 1.54) is 33.4 Å². The van der Waals surface area contributed by atoms with Crippen molar-refractivity contribution in [1.29, 1.82) is 0 Å². The zero-order chi connectivity index (χ0) is 34.3. The highest BCUT2D eigenvalue weighted by Crippen LogP contribution is 2.60. The van der Waals surface area contributed by atoms with Crippen molar-refractivity contribution in [2.24, 2.45) is 0 Å². The number of hydrogen-bond donors (Lipinski definition) is 2. The fourth-order valence-corrected chi connectivity index (χ4v) is 4.24. The lowest BCUT2D eigenvalue weighted by Crippen LogP contribution is -2.71. The molecule has 0 amide bonds. The minimum absolute atomic E-state index is 1.01. The predicted molar refractivity (Wildman–Crippen MR) is 136 cm³/mol. The van der Waals surface area contributed by atoms with Gasteiger partial charge in [-0.25, -0.2) is 0 Å². The van der Waals surface area contributed by atoms with Crippen LogP contribution in [0, 0.1) is 13.8 Å². The maximum atomic E-state index is 12.7. The third kappa shape index (κ3) is 6.51. The monoisotopic (exact) mass is 690 g/mol. The van der Waals surface area contributed by atoms with E-state index in [0.29, 0.717) is 0 Å². The van der Waals surface area contributed by atoms with Gasteiger partial charge in [0.05, 0.1) is 0 Å². The zero-order valence-electron chi connectivity index (χ0n) is 21.9. The Morgan fingerprint density at radius 2 is 0.955 bits per heavy atom. The first-order valence-electron chi connectivity index (χ1n) is 11.5. The molecule has 0 heterocycles. The van der Waals surface area contributed by atoms with Crippen molar-refractivity contribution in [3.05, 3.63) is 77.9 Å². The molecule has 0 spiro atoms. The summed E-state index contributed by atoms with van der Waals surface area (Å²) >= 11 is 4.68. The van der Waals surface area contributed by atoms with Crippen molar-refractivity contribution in [2.45, 2.75) is 53.9 Å². The summed E-state index contributed by atoms with van der Waals surface area (Å²) in [6, 6.07) is 23.6. The molecule has 18 heteroatoms. The van der Waals surface area contributed by atoms with Crippen molar-refractivity contribution in [1.82, 2.24) is 0 Å². The first-order valence-corrected chi connectivity index (χ1v) is 13.4. The van der Waals surface area contributed by atoms with E-state index in [1.807, 2.05) is 0 Å². The molecule has 0 aliphatic carbocycles. The number of aryl methyl sites for hydroxylation is 2. The van der Waals surface area contributed by atoms with Crippen molar-refractivity contribution < 1.29 is 70.0 Å².